The van der Waals surface area contributed by atoms with Crippen LogP contribution in [-0.4, -0.2) is 32.8 Å². The molecule has 2 heterocycles. The van der Waals surface area contributed by atoms with Gasteiger partial charge in [-0.2, -0.15) is 17.6 Å². The van der Waals surface area contributed by atoms with Gasteiger partial charge in [-0.3, -0.25) is 0 Å². The Bertz CT molecular complexity index is 1130. The fourth-order valence-corrected chi connectivity index (χ4v) is 4.79. The van der Waals surface area contributed by atoms with Crippen LogP contribution in [0.2, 0.25) is 0 Å². The fraction of sp³-hybridized carbons (Fsp3) is 0.500. The Kier molecular flexibility index (Phi) is 6.33. The smallest absolute Gasteiger partial charge is 0.416 e. The summed E-state index contributed by atoms with van der Waals surface area (Å²) >= 11 is 0. The molecule has 0 unspecified atom stereocenters. The van der Waals surface area contributed by atoms with Crippen LogP contribution in [0, 0.1) is 5.82 Å². The maximum atomic E-state index is 15.6. The van der Waals surface area contributed by atoms with E-state index in [4.69, 9.17) is 4.42 Å². The molecule has 11 heteroatoms. The van der Waals surface area contributed by atoms with E-state index in [2.05, 4.69) is 25.5 Å². The van der Waals surface area contributed by atoms with Crippen molar-refractivity contribution in [2.45, 2.75) is 69.1 Å². The van der Waals surface area contributed by atoms with E-state index in [1.807, 2.05) is 0 Å². The topological polar surface area (TPSA) is 80.0 Å². The maximum absolute atomic E-state index is 15.6. The Morgan fingerprint density at radius 2 is 1.80 bits per heavy atom. The van der Waals surface area contributed by atoms with Gasteiger partial charge in [0.15, 0.2) is 11.6 Å². The summed E-state index contributed by atoms with van der Waals surface area (Å²) in [6, 6.07) is 5.02. The number of aromatic nitrogens is 4. The van der Waals surface area contributed by atoms with Crippen LogP contribution in [0.3, 0.4) is 0 Å². The summed E-state index contributed by atoms with van der Waals surface area (Å²) in [4.78, 5) is 10.1. The van der Waals surface area contributed by atoms with Gasteiger partial charge in [0, 0.05) is 19.1 Å². The average molecular weight is 491 g/mol. The lowest BCUT2D eigenvalue weighted by Crippen LogP contribution is -2.37. The van der Waals surface area contributed by atoms with Gasteiger partial charge in [0.2, 0.25) is 18.1 Å². The van der Waals surface area contributed by atoms with Crippen molar-refractivity contribution < 1.29 is 22.0 Å². The van der Waals surface area contributed by atoms with E-state index >= 15 is 4.39 Å². The SMILES string of the molecule is Fc1c(NCC2(c3nnco3)CCCCC2)ncnc1N(Cc1ccc(C(F)(F)F)cc1)C1CC1. The fourth-order valence-electron chi connectivity index (χ4n) is 4.79. The second kappa shape index (κ2) is 9.43. The summed E-state index contributed by atoms with van der Waals surface area (Å²) in [5.74, 6) is 0.182. The highest BCUT2D eigenvalue weighted by molar-refractivity contribution is 5.53. The number of halogens is 4. The van der Waals surface area contributed by atoms with Crippen LogP contribution in [0.1, 0.15) is 62.0 Å². The Labute approximate surface area is 200 Å². The molecule has 0 atom stereocenters. The Morgan fingerprint density at radius 3 is 2.43 bits per heavy atom. The zero-order valence-corrected chi connectivity index (χ0v) is 19.1. The first-order valence-electron chi connectivity index (χ1n) is 11.8. The third-order valence-electron chi connectivity index (χ3n) is 6.88. The lowest BCUT2D eigenvalue weighted by Gasteiger charge is -2.34. The van der Waals surface area contributed by atoms with E-state index in [9.17, 15) is 13.2 Å². The van der Waals surface area contributed by atoms with Crippen LogP contribution in [-0.2, 0) is 18.1 Å². The Morgan fingerprint density at radius 1 is 1.06 bits per heavy atom. The number of rotatable bonds is 8. The second-order valence-electron chi connectivity index (χ2n) is 9.35. The Hall–Kier alpha value is -3.24. The van der Waals surface area contributed by atoms with Crippen LogP contribution in [0.25, 0.3) is 0 Å². The van der Waals surface area contributed by atoms with Crippen LogP contribution >= 0.6 is 0 Å². The molecule has 0 saturated heterocycles. The van der Waals surface area contributed by atoms with E-state index in [0.29, 0.717) is 18.0 Å². The monoisotopic (exact) mass is 490 g/mol. The lowest BCUT2D eigenvalue weighted by atomic mass is 9.74. The molecule has 2 fully saturated rings. The van der Waals surface area contributed by atoms with E-state index in [-0.39, 0.29) is 29.6 Å². The molecule has 186 valence electrons. The third kappa shape index (κ3) is 5.08. The molecular formula is C24H26F4N6O. The number of benzene rings is 1. The largest absolute Gasteiger partial charge is 0.427 e. The first-order chi connectivity index (χ1) is 16.9. The van der Waals surface area contributed by atoms with Gasteiger partial charge >= 0.3 is 6.18 Å². The van der Waals surface area contributed by atoms with E-state index in [0.717, 1.165) is 57.1 Å². The summed E-state index contributed by atoms with van der Waals surface area (Å²) in [5, 5.41) is 11.1. The predicted molar refractivity (Wildman–Crippen MR) is 120 cm³/mol. The normalized spacial score (nSPS) is 17.8. The molecule has 2 aliphatic carbocycles. The highest BCUT2D eigenvalue weighted by Crippen LogP contribution is 2.39. The molecule has 1 aromatic carbocycles. The minimum atomic E-state index is -4.40. The molecule has 2 aliphatic rings. The first-order valence-corrected chi connectivity index (χ1v) is 11.8. The third-order valence-corrected chi connectivity index (χ3v) is 6.88. The number of nitrogens with zero attached hydrogens (tertiary/aromatic N) is 5. The summed E-state index contributed by atoms with van der Waals surface area (Å²) < 4.78 is 59.9. The molecule has 1 N–H and O–H groups in total. The van der Waals surface area contributed by atoms with Crippen molar-refractivity contribution in [3.63, 3.8) is 0 Å². The number of nitrogens with one attached hydrogen (secondary N) is 1. The van der Waals surface area contributed by atoms with Gasteiger partial charge in [-0.05, 0) is 43.4 Å². The molecule has 5 rings (SSSR count). The van der Waals surface area contributed by atoms with E-state index in [1.54, 1.807) is 4.90 Å². The van der Waals surface area contributed by atoms with Gasteiger partial charge in [-0.1, -0.05) is 31.4 Å². The molecule has 0 bridgehead atoms. The van der Waals surface area contributed by atoms with Crippen LogP contribution in [0.5, 0.6) is 0 Å². The van der Waals surface area contributed by atoms with Gasteiger partial charge < -0.3 is 14.6 Å². The zero-order valence-electron chi connectivity index (χ0n) is 19.1. The van der Waals surface area contributed by atoms with Crippen LogP contribution < -0.4 is 10.2 Å². The number of alkyl halides is 3. The first kappa shape index (κ1) is 23.5. The summed E-state index contributed by atoms with van der Waals surface area (Å²) in [6.45, 7) is 0.646. The molecule has 3 aromatic rings. The standard InChI is InChI=1S/C24H26F4N6O/c25-19-20(29-13-23(10-2-1-3-11-23)22-33-32-15-35-22)30-14-31-21(19)34(18-8-9-18)12-16-4-6-17(7-5-16)24(26,27)28/h4-7,14-15,18H,1-3,8-13H2,(H,29,30,31). The average Bonchev–Trinajstić information content (AvgIpc) is 3.54. The van der Waals surface area contributed by atoms with Crippen LogP contribution in [0.4, 0.5) is 29.2 Å². The minimum Gasteiger partial charge on any atom is -0.427 e. The van der Waals surface area contributed by atoms with Gasteiger partial charge in [-0.25, -0.2) is 9.97 Å². The van der Waals surface area contributed by atoms with Crippen molar-refractivity contribution in [3.05, 3.63) is 59.8 Å². The van der Waals surface area contributed by atoms with Gasteiger partial charge in [0.05, 0.1) is 11.0 Å². The summed E-state index contributed by atoms with van der Waals surface area (Å²) in [5.41, 5.74) is -0.449. The van der Waals surface area contributed by atoms with Gasteiger partial charge in [-0.15, -0.1) is 10.2 Å². The molecule has 0 aliphatic heterocycles. The van der Waals surface area contributed by atoms with E-state index in [1.165, 1.54) is 24.9 Å². The van der Waals surface area contributed by atoms with Crippen molar-refractivity contribution in [1.29, 1.82) is 0 Å². The van der Waals surface area contributed by atoms with E-state index < -0.39 is 17.6 Å². The second-order valence-corrected chi connectivity index (χ2v) is 9.35. The highest BCUT2D eigenvalue weighted by Gasteiger charge is 2.39. The van der Waals surface area contributed by atoms with Crippen molar-refractivity contribution in [2.24, 2.45) is 0 Å². The lowest BCUT2D eigenvalue weighted by molar-refractivity contribution is -0.137. The Balaban J connectivity index is 1.35. The predicted octanol–water partition coefficient (Wildman–Crippen LogP) is 5.50. The van der Waals surface area contributed by atoms with Crippen molar-refractivity contribution in [1.82, 2.24) is 20.2 Å². The van der Waals surface area contributed by atoms with Crippen molar-refractivity contribution in [2.75, 3.05) is 16.8 Å². The van der Waals surface area contributed by atoms with Crippen LogP contribution in [0.15, 0.2) is 41.4 Å². The number of hydrogen-bond acceptors (Lipinski definition) is 7. The minimum absolute atomic E-state index is 0.0810. The van der Waals surface area contributed by atoms with Crippen molar-refractivity contribution >= 4 is 11.6 Å². The summed E-state index contributed by atoms with van der Waals surface area (Å²) in [6.07, 6.45) is 4.82. The molecule has 35 heavy (non-hydrogen) atoms. The maximum Gasteiger partial charge on any atom is 0.416 e. The molecule has 0 radical (unpaired) electrons. The number of hydrogen-bond donors (Lipinski definition) is 1. The molecular weight excluding hydrogens is 464 g/mol. The molecule has 0 spiro atoms. The zero-order chi connectivity index (χ0) is 24.5. The van der Waals surface area contributed by atoms with Gasteiger partial charge in [0.25, 0.3) is 0 Å². The van der Waals surface area contributed by atoms with Gasteiger partial charge in [0.1, 0.15) is 6.33 Å². The van der Waals surface area contributed by atoms with Crippen molar-refractivity contribution in [3.8, 4) is 0 Å². The number of anilines is 2. The quantitative estimate of drug-likeness (QED) is 0.418. The molecule has 7 nitrogen and oxygen atoms in total. The summed E-state index contributed by atoms with van der Waals surface area (Å²) in [7, 11) is 0. The molecule has 2 saturated carbocycles. The highest BCUT2D eigenvalue weighted by atomic mass is 19.4. The molecule has 2 aromatic heterocycles. The molecule has 0 amide bonds.